The van der Waals surface area contributed by atoms with Gasteiger partial charge in [0.15, 0.2) is 0 Å². The summed E-state index contributed by atoms with van der Waals surface area (Å²) in [5.41, 5.74) is 8.83. The number of aromatic nitrogens is 1. The van der Waals surface area contributed by atoms with Gasteiger partial charge in [-0.05, 0) is 53.2 Å². The molecule has 1 saturated carbocycles. The minimum Gasteiger partial charge on any atom is -0.398 e. The highest BCUT2D eigenvalue weighted by molar-refractivity contribution is 9.10. The Morgan fingerprint density at radius 3 is 2.90 bits per heavy atom. The molecule has 5 heteroatoms. The molecule has 0 bridgehead atoms. The number of nitrogens with two attached hydrogens (primary N) is 1. The molecule has 1 aromatic heterocycles. The molecule has 3 N–H and O–H groups in total. The van der Waals surface area contributed by atoms with Crippen LogP contribution in [-0.4, -0.2) is 22.5 Å². The molecule has 0 unspecified atom stereocenters. The van der Waals surface area contributed by atoms with Crippen molar-refractivity contribution in [1.82, 2.24) is 4.98 Å². The van der Waals surface area contributed by atoms with Crippen molar-refractivity contribution >= 4 is 50.0 Å². The number of hydrogen-bond acceptors (Lipinski definition) is 4. The average molecular weight is 352 g/mol. The zero-order valence-corrected chi connectivity index (χ0v) is 13.9. The third-order valence-corrected chi connectivity index (χ3v) is 6.00. The first-order valence-corrected chi connectivity index (χ1v) is 8.78. The maximum absolute atomic E-state index is 6.05. The van der Waals surface area contributed by atoms with Gasteiger partial charge >= 0.3 is 0 Å². The fourth-order valence-electron chi connectivity index (χ4n) is 2.64. The van der Waals surface area contributed by atoms with Crippen molar-refractivity contribution in [3.63, 3.8) is 0 Å². The van der Waals surface area contributed by atoms with Gasteiger partial charge in [-0.15, -0.1) is 0 Å². The van der Waals surface area contributed by atoms with Gasteiger partial charge in [0.05, 0.1) is 11.2 Å². The Morgan fingerprint density at radius 1 is 1.45 bits per heavy atom. The molecular formula is C15H18BrN3S. The lowest BCUT2D eigenvalue weighted by molar-refractivity contribution is 0.380. The lowest BCUT2D eigenvalue weighted by Gasteiger charge is -2.40. The summed E-state index contributed by atoms with van der Waals surface area (Å²) in [5, 5.41) is 4.57. The first-order valence-electron chi connectivity index (χ1n) is 6.76. The maximum Gasteiger partial charge on any atom is 0.0954 e. The number of nitrogens with one attached hydrogen (secondary N) is 1. The number of pyridine rings is 1. The molecule has 2 aromatic rings. The first-order chi connectivity index (χ1) is 9.63. The highest BCUT2D eigenvalue weighted by Gasteiger charge is 2.35. The number of benzene rings is 1. The number of fused-ring (bicyclic) bond motifs is 1. The van der Waals surface area contributed by atoms with Crippen LogP contribution >= 0.6 is 27.7 Å². The molecule has 0 spiro atoms. The molecule has 1 aliphatic carbocycles. The largest absolute Gasteiger partial charge is 0.398 e. The lowest BCUT2D eigenvalue weighted by atomic mass is 9.84. The van der Waals surface area contributed by atoms with Crippen molar-refractivity contribution < 1.29 is 0 Å². The predicted octanol–water partition coefficient (Wildman–Crippen LogP) is 4.28. The SMILES string of the molecule is CSC1(CNc2ccc(N)c3cc(Br)cnc23)CCC1. The topological polar surface area (TPSA) is 50.9 Å². The van der Waals surface area contributed by atoms with Gasteiger partial charge in [-0.1, -0.05) is 6.42 Å². The Balaban J connectivity index is 1.90. The van der Waals surface area contributed by atoms with Crippen LogP contribution in [0.15, 0.2) is 28.9 Å². The van der Waals surface area contributed by atoms with Gasteiger partial charge in [0.1, 0.15) is 0 Å². The van der Waals surface area contributed by atoms with Gasteiger partial charge in [-0.2, -0.15) is 11.8 Å². The summed E-state index contributed by atoms with van der Waals surface area (Å²) < 4.78 is 1.36. The predicted molar refractivity (Wildman–Crippen MR) is 92.4 cm³/mol. The summed E-state index contributed by atoms with van der Waals surface area (Å²) in [6, 6.07) is 6.01. The second kappa shape index (κ2) is 5.45. The summed E-state index contributed by atoms with van der Waals surface area (Å²) in [6.45, 7) is 0.991. The quantitative estimate of drug-likeness (QED) is 0.807. The van der Waals surface area contributed by atoms with Crippen LogP contribution in [0.2, 0.25) is 0 Å². The molecule has 1 aliphatic rings. The molecule has 0 aliphatic heterocycles. The number of nitrogens with zero attached hydrogens (tertiary/aromatic N) is 1. The van der Waals surface area contributed by atoms with Crippen molar-refractivity contribution in [2.75, 3.05) is 23.9 Å². The van der Waals surface area contributed by atoms with E-state index < -0.39 is 0 Å². The molecule has 106 valence electrons. The summed E-state index contributed by atoms with van der Waals surface area (Å²) in [7, 11) is 0. The molecule has 0 amide bonds. The summed E-state index contributed by atoms with van der Waals surface area (Å²) >= 11 is 5.43. The molecule has 3 nitrogen and oxygen atoms in total. The van der Waals surface area contributed by atoms with Crippen molar-refractivity contribution in [3.8, 4) is 0 Å². The number of nitrogen functional groups attached to an aromatic ring is 1. The fourth-order valence-corrected chi connectivity index (χ4v) is 3.88. The molecular weight excluding hydrogens is 334 g/mol. The first kappa shape index (κ1) is 14.0. The minimum atomic E-state index is 0.406. The van der Waals surface area contributed by atoms with Gasteiger partial charge in [0, 0.05) is 33.0 Å². The van der Waals surface area contributed by atoms with Gasteiger partial charge in [-0.3, -0.25) is 4.98 Å². The fraction of sp³-hybridized carbons (Fsp3) is 0.400. The van der Waals surface area contributed by atoms with Crippen molar-refractivity contribution in [1.29, 1.82) is 0 Å². The third-order valence-electron chi connectivity index (χ3n) is 4.15. The van der Waals surface area contributed by atoms with Crippen molar-refractivity contribution in [2.45, 2.75) is 24.0 Å². The number of thioether (sulfide) groups is 1. The highest BCUT2D eigenvalue weighted by atomic mass is 79.9. The standard InChI is InChI=1S/C15H18BrN3S/c1-20-15(5-2-6-15)9-19-13-4-3-12(17)11-7-10(16)8-18-14(11)13/h3-4,7-8,19H,2,5-6,9,17H2,1H3. The van der Waals surface area contributed by atoms with Gasteiger partial charge in [0.2, 0.25) is 0 Å². The minimum absolute atomic E-state index is 0.406. The van der Waals surface area contributed by atoms with Crippen LogP contribution in [0.1, 0.15) is 19.3 Å². The van der Waals surface area contributed by atoms with E-state index in [1.807, 2.05) is 36.2 Å². The zero-order valence-electron chi connectivity index (χ0n) is 11.4. The second-order valence-corrected chi connectivity index (χ2v) is 7.54. The van der Waals surface area contributed by atoms with E-state index in [0.717, 1.165) is 33.3 Å². The van der Waals surface area contributed by atoms with Gasteiger partial charge < -0.3 is 11.1 Å². The second-order valence-electron chi connectivity index (χ2n) is 5.35. The van der Waals surface area contributed by atoms with Crippen LogP contribution in [0.3, 0.4) is 0 Å². The highest BCUT2D eigenvalue weighted by Crippen LogP contribution is 2.43. The number of hydrogen-bond donors (Lipinski definition) is 2. The van der Waals surface area contributed by atoms with Crippen molar-refractivity contribution in [3.05, 3.63) is 28.9 Å². The van der Waals surface area contributed by atoms with E-state index in [9.17, 15) is 0 Å². The average Bonchev–Trinajstić information content (AvgIpc) is 2.40. The summed E-state index contributed by atoms with van der Waals surface area (Å²) in [6.07, 6.45) is 7.97. The third kappa shape index (κ3) is 2.49. The Labute approximate surface area is 131 Å². The number of rotatable bonds is 4. The lowest BCUT2D eigenvalue weighted by Crippen LogP contribution is -2.40. The Hall–Kier alpha value is -0.940. The van der Waals surface area contributed by atoms with E-state index in [2.05, 4.69) is 32.5 Å². The Kier molecular flexibility index (Phi) is 3.82. The monoisotopic (exact) mass is 351 g/mol. The van der Waals surface area contributed by atoms with Crippen LogP contribution in [-0.2, 0) is 0 Å². The van der Waals surface area contributed by atoms with Crippen LogP contribution in [0.5, 0.6) is 0 Å². The summed E-state index contributed by atoms with van der Waals surface area (Å²) in [4.78, 5) is 4.52. The molecule has 1 heterocycles. The van der Waals surface area contributed by atoms with E-state index in [-0.39, 0.29) is 0 Å². The molecule has 3 rings (SSSR count). The normalized spacial score (nSPS) is 16.9. The van der Waals surface area contributed by atoms with E-state index in [1.165, 1.54) is 19.3 Å². The van der Waals surface area contributed by atoms with E-state index in [1.54, 1.807) is 0 Å². The van der Waals surface area contributed by atoms with E-state index in [4.69, 9.17) is 5.73 Å². The molecule has 20 heavy (non-hydrogen) atoms. The molecule has 1 fully saturated rings. The van der Waals surface area contributed by atoms with E-state index >= 15 is 0 Å². The zero-order chi connectivity index (χ0) is 14.2. The Bertz CT molecular complexity index is 635. The van der Waals surface area contributed by atoms with Crippen LogP contribution in [0.4, 0.5) is 11.4 Å². The smallest absolute Gasteiger partial charge is 0.0954 e. The summed E-state index contributed by atoms with van der Waals surface area (Å²) in [5.74, 6) is 0. The van der Waals surface area contributed by atoms with Crippen LogP contribution < -0.4 is 11.1 Å². The van der Waals surface area contributed by atoms with Crippen molar-refractivity contribution in [2.24, 2.45) is 0 Å². The Morgan fingerprint density at radius 2 is 2.25 bits per heavy atom. The van der Waals surface area contributed by atoms with Crippen LogP contribution in [0.25, 0.3) is 10.9 Å². The molecule has 0 atom stereocenters. The molecule has 0 radical (unpaired) electrons. The van der Waals surface area contributed by atoms with E-state index in [0.29, 0.717) is 4.75 Å². The number of anilines is 2. The van der Waals surface area contributed by atoms with Gasteiger partial charge in [-0.25, -0.2) is 0 Å². The van der Waals surface area contributed by atoms with Crippen LogP contribution in [0, 0.1) is 0 Å². The molecule has 1 aromatic carbocycles. The maximum atomic E-state index is 6.05. The number of halogens is 1. The van der Waals surface area contributed by atoms with Gasteiger partial charge in [0.25, 0.3) is 0 Å². The molecule has 0 saturated heterocycles.